The summed E-state index contributed by atoms with van der Waals surface area (Å²) in [6.07, 6.45) is 2.82. The fourth-order valence-corrected chi connectivity index (χ4v) is 5.26. The van der Waals surface area contributed by atoms with Gasteiger partial charge in [0.1, 0.15) is 11.8 Å². The molecule has 5 rings (SSSR count). The number of methoxy groups -OCH3 is 1. The summed E-state index contributed by atoms with van der Waals surface area (Å²) in [4.78, 5) is 34.1. The van der Waals surface area contributed by atoms with E-state index in [1.165, 1.54) is 0 Å². The third-order valence-electron chi connectivity index (χ3n) is 6.84. The molecule has 2 aliphatic heterocycles. The molecule has 0 aliphatic carbocycles. The predicted molar refractivity (Wildman–Crippen MR) is 125 cm³/mol. The average molecular weight is 448 g/mol. The molecule has 3 aromatic rings. The largest absolute Gasteiger partial charge is 0.497 e. The van der Waals surface area contributed by atoms with Crippen LogP contribution in [0.5, 0.6) is 5.75 Å². The van der Waals surface area contributed by atoms with Crippen molar-refractivity contribution in [2.75, 3.05) is 26.8 Å². The molecule has 1 aromatic heterocycles. The first-order chi connectivity index (χ1) is 16.1. The molecule has 2 N–H and O–H groups in total. The minimum Gasteiger partial charge on any atom is -0.497 e. The van der Waals surface area contributed by atoms with Gasteiger partial charge in [0, 0.05) is 36.2 Å². The normalized spacial score (nSPS) is 20.2. The number of carbonyl (C=O) groups excluding carboxylic acids is 2. The lowest BCUT2D eigenvalue weighted by Crippen LogP contribution is -2.63. The Balaban J connectivity index is 1.57. The zero-order valence-corrected chi connectivity index (χ0v) is 18.8. The summed E-state index contributed by atoms with van der Waals surface area (Å²) in [6, 6.07) is 14.9. The lowest BCUT2D eigenvalue weighted by molar-refractivity contribution is -0.158. The number of fused-ring (bicyclic) bond motifs is 4. The first kappa shape index (κ1) is 21.5. The summed E-state index contributed by atoms with van der Waals surface area (Å²) in [5.74, 6) is 0.676. The fourth-order valence-electron chi connectivity index (χ4n) is 5.26. The second-order valence-electron chi connectivity index (χ2n) is 8.81. The molecule has 2 atom stereocenters. The molecule has 0 bridgehead atoms. The molecule has 2 aromatic carbocycles. The number of carbonyl (C=O) groups is 2. The van der Waals surface area contributed by atoms with Crippen molar-refractivity contribution >= 4 is 22.7 Å². The fraction of sp³-hybridized carbons (Fsp3) is 0.385. The van der Waals surface area contributed by atoms with Gasteiger partial charge >= 0.3 is 0 Å². The van der Waals surface area contributed by atoms with Crippen LogP contribution in [-0.2, 0) is 16.0 Å². The molecule has 33 heavy (non-hydrogen) atoms. The van der Waals surface area contributed by atoms with Gasteiger partial charge in [-0.25, -0.2) is 0 Å². The number of nitrogens with zero attached hydrogens (tertiary/aromatic N) is 2. The molecule has 7 nitrogen and oxygen atoms in total. The Morgan fingerprint density at radius 3 is 2.76 bits per heavy atom. The van der Waals surface area contributed by atoms with Crippen LogP contribution in [0.15, 0.2) is 48.5 Å². The molecular formula is C26H29N3O4. The van der Waals surface area contributed by atoms with Gasteiger partial charge < -0.3 is 24.6 Å². The van der Waals surface area contributed by atoms with E-state index in [0.717, 1.165) is 40.6 Å². The smallest absolute Gasteiger partial charge is 0.246 e. The van der Waals surface area contributed by atoms with Crippen molar-refractivity contribution in [3.63, 3.8) is 0 Å². The van der Waals surface area contributed by atoms with E-state index in [0.29, 0.717) is 25.1 Å². The number of rotatable bonds is 7. The van der Waals surface area contributed by atoms with Crippen molar-refractivity contribution in [2.45, 2.75) is 37.8 Å². The Labute approximate surface area is 192 Å². The molecule has 3 heterocycles. The summed E-state index contributed by atoms with van der Waals surface area (Å²) in [7, 11) is 1.63. The Bertz CT molecular complexity index is 1190. The number of aromatic nitrogens is 1. The summed E-state index contributed by atoms with van der Waals surface area (Å²) in [5, 5.41) is 10.1. The summed E-state index contributed by atoms with van der Waals surface area (Å²) >= 11 is 0. The van der Waals surface area contributed by atoms with E-state index in [-0.39, 0.29) is 31.0 Å². The number of aliphatic hydroxyl groups excluding tert-OH is 1. The highest BCUT2D eigenvalue weighted by atomic mass is 16.5. The van der Waals surface area contributed by atoms with Crippen LogP contribution in [0.1, 0.15) is 42.1 Å². The molecule has 1 fully saturated rings. The lowest BCUT2D eigenvalue weighted by atomic mass is 9.86. The van der Waals surface area contributed by atoms with Crippen molar-refractivity contribution in [1.29, 1.82) is 0 Å². The highest BCUT2D eigenvalue weighted by molar-refractivity contribution is 5.97. The summed E-state index contributed by atoms with van der Waals surface area (Å²) in [5.41, 5.74) is 4.00. The van der Waals surface area contributed by atoms with E-state index < -0.39 is 6.04 Å². The van der Waals surface area contributed by atoms with Gasteiger partial charge in [-0.2, -0.15) is 0 Å². The predicted octanol–water partition coefficient (Wildman–Crippen LogP) is 3.02. The topological polar surface area (TPSA) is 85.9 Å². The van der Waals surface area contributed by atoms with E-state index in [9.17, 15) is 9.59 Å². The maximum absolute atomic E-state index is 13.6. The Kier molecular flexibility index (Phi) is 5.81. The van der Waals surface area contributed by atoms with Crippen molar-refractivity contribution < 1.29 is 19.4 Å². The maximum Gasteiger partial charge on any atom is 0.246 e. The van der Waals surface area contributed by atoms with Gasteiger partial charge in [-0.1, -0.05) is 30.3 Å². The number of amides is 2. The zero-order valence-electron chi connectivity index (χ0n) is 18.8. The van der Waals surface area contributed by atoms with Crippen molar-refractivity contribution in [2.24, 2.45) is 0 Å². The Morgan fingerprint density at radius 2 is 1.94 bits per heavy atom. The van der Waals surface area contributed by atoms with E-state index in [4.69, 9.17) is 9.84 Å². The third-order valence-corrected chi connectivity index (χ3v) is 6.84. The minimum atomic E-state index is -0.535. The molecule has 0 radical (unpaired) electrons. The number of benzene rings is 2. The van der Waals surface area contributed by atoms with Crippen LogP contribution in [0.3, 0.4) is 0 Å². The number of piperazine rings is 1. The van der Waals surface area contributed by atoms with E-state index >= 15 is 0 Å². The second kappa shape index (κ2) is 8.90. The van der Waals surface area contributed by atoms with Crippen LogP contribution in [0, 0.1) is 0 Å². The number of unbranched alkanes of at least 4 members (excludes halogenated alkanes) is 2. The number of aromatic amines is 1. The van der Waals surface area contributed by atoms with Crippen LogP contribution >= 0.6 is 0 Å². The van der Waals surface area contributed by atoms with Gasteiger partial charge in [0.15, 0.2) is 0 Å². The van der Waals surface area contributed by atoms with Crippen molar-refractivity contribution in [3.8, 4) is 5.75 Å². The van der Waals surface area contributed by atoms with E-state index in [1.54, 1.807) is 16.9 Å². The van der Waals surface area contributed by atoms with Crippen molar-refractivity contribution in [3.05, 3.63) is 65.4 Å². The van der Waals surface area contributed by atoms with Crippen molar-refractivity contribution in [1.82, 2.24) is 14.8 Å². The molecule has 0 saturated carbocycles. The van der Waals surface area contributed by atoms with Crippen LogP contribution in [-0.4, -0.2) is 64.6 Å². The minimum absolute atomic E-state index is 0.00225. The maximum atomic E-state index is 13.6. The van der Waals surface area contributed by atoms with Gasteiger partial charge in [0.05, 0.1) is 19.7 Å². The van der Waals surface area contributed by atoms with E-state index in [1.807, 2.05) is 42.5 Å². The number of hydrogen-bond donors (Lipinski definition) is 2. The number of H-pyrrole nitrogens is 1. The molecular weight excluding hydrogens is 418 g/mol. The number of ether oxygens (including phenoxy) is 1. The zero-order chi connectivity index (χ0) is 22.9. The Hall–Kier alpha value is -3.32. The average Bonchev–Trinajstić information content (AvgIpc) is 3.22. The molecule has 2 amide bonds. The highest BCUT2D eigenvalue weighted by Gasteiger charge is 2.48. The van der Waals surface area contributed by atoms with Gasteiger partial charge in [-0.05, 0) is 48.6 Å². The lowest BCUT2D eigenvalue weighted by Gasteiger charge is -2.47. The third kappa shape index (κ3) is 3.76. The van der Waals surface area contributed by atoms with Crippen LogP contribution in [0.4, 0.5) is 0 Å². The summed E-state index contributed by atoms with van der Waals surface area (Å²) < 4.78 is 5.45. The number of nitrogens with one attached hydrogen (secondary N) is 1. The standard InChI is InChI=1S/C26H29N3O4/c1-33-18-9-7-8-17(14-18)25-24-20(19-10-3-4-11-21(19)27-24)15-22-26(32)28(12-5-2-6-13-30)16-23(31)29(22)25/h3-4,7-11,14,22,25,27,30H,2,5-6,12-13,15-16H2,1H3/t22-,25?/m0/s1. The van der Waals surface area contributed by atoms with Gasteiger partial charge in [0.25, 0.3) is 0 Å². The molecule has 0 spiro atoms. The quantitative estimate of drug-likeness (QED) is 0.545. The second-order valence-corrected chi connectivity index (χ2v) is 8.81. The molecule has 7 heteroatoms. The SMILES string of the molecule is COc1cccc(C2c3[nH]c4ccccc4c3C[C@H]3C(=O)N(CCCCCO)CC(=O)N23)c1. The molecule has 172 valence electrons. The molecule has 1 unspecified atom stereocenters. The van der Waals surface area contributed by atoms with Gasteiger partial charge in [-0.3, -0.25) is 9.59 Å². The summed E-state index contributed by atoms with van der Waals surface area (Å²) in [6.45, 7) is 0.777. The van der Waals surface area contributed by atoms with Crippen LogP contribution < -0.4 is 4.74 Å². The first-order valence-corrected chi connectivity index (χ1v) is 11.6. The van der Waals surface area contributed by atoms with Crippen LogP contribution in [0.25, 0.3) is 10.9 Å². The number of para-hydroxylation sites is 1. The molecule has 2 aliphatic rings. The van der Waals surface area contributed by atoms with E-state index in [2.05, 4.69) is 11.1 Å². The number of aliphatic hydroxyl groups is 1. The van der Waals surface area contributed by atoms with Crippen LogP contribution in [0.2, 0.25) is 0 Å². The first-order valence-electron chi connectivity index (χ1n) is 11.6. The number of hydrogen-bond acceptors (Lipinski definition) is 4. The Morgan fingerprint density at radius 1 is 1.09 bits per heavy atom. The molecule has 1 saturated heterocycles. The monoisotopic (exact) mass is 447 g/mol. The van der Waals surface area contributed by atoms with Gasteiger partial charge in [0.2, 0.25) is 11.8 Å². The highest BCUT2D eigenvalue weighted by Crippen LogP contribution is 2.43. The van der Waals surface area contributed by atoms with Gasteiger partial charge in [-0.15, -0.1) is 0 Å².